The molecule has 128 heavy (non-hydrogen) atoms. The normalized spacial score (nSPS) is 12.3. The van der Waals surface area contributed by atoms with Crippen LogP contribution in [0, 0.1) is 101 Å². The molecule has 1 N–H and O–H groups in total. The fraction of sp³-hybridized carbons (Fsp3) is 0.841. The van der Waals surface area contributed by atoms with Crippen molar-refractivity contribution in [2.45, 2.75) is 545 Å². The van der Waals surface area contributed by atoms with Gasteiger partial charge in [0.2, 0.25) is 5.91 Å². The second kappa shape index (κ2) is 64.1. The van der Waals surface area contributed by atoms with Crippen LogP contribution in [0.15, 0.2) is 30.9 Å². The summed E-state index contributed by atoms with van der Waals surface area (Å²) in [6.45, 7) is 83.4. The molecule has 0 radical (unpaired) electrons. The van der Waals surface area contributed by atoms with Crippen LogP contribution in [-0.2, 0) is 66.2 Å². The minimum Gasteiger partial charge on any atom is -0.356 e. The van der Waals surface area contributed by atoms with E-state index in [0.717, 1.165) is 146 Å². The quantitative estimate of drug-likeness (QED) is 0.0331. The molecule has 15 nitrogen and oxygen atoms in total. The number of hydrogen-bond donors (Lipinski definition) is 1. The minimum absolute atomic E-state index is 0.0710. The first-order chi connectivity index (χ1) is 58.8. The first-order valence-electron chi connectivity index (χ1n) is 51.3. The summed E-state index contributed by atoms with van der Waals surface area (Å²) in [5.74, 6) is 20.6. The monoisotopic (exact) mass is 1780 g/mol. The lowest BCUT2D eigenvalue weighted by Crippen LogP contribution is -2.28. The molecular formula is C113H208N12O3. The van der Waals surface area contributed by atoms with Gasteiger partial charge in [-0.2, -0.15) is 5.10 Å². The smallest absolute Gasteiger partial charge is 0.220 e. The average molecular weight is 1780 g/mol. The molecule has 0 aliphatic rings. The SMILES string of the molecule is CC(C)(C)C#CCCCCCCn1cc(CC(C)(C)C)nn1.CC(C)(C)C#CCCCCCn1cc(CC(C)(C)C)nn1.CC(C)(C)C#CCCCCn1cc(CC(C)(C)C)nn1.CC(C)(C)CC(=O)NCCCCCCCCCCC(=O)C(C)(C)C.CC(C)(C)CCCCCCCCCCC(=O)C(C)(C)C.CC(C)(C)CCCCCCCn1nccc1CC(C)(C)C. The number of carbonyl (C=O) groups is 3. The van der Waals surface area contributed by atoms with Crippen molar-refractivity contribution in [3.63, 3.8) is 0 Å². The second-order valence-electron chi connectivity index (χ2n) is 51.0. The molecule has 4 aromatic rings. The lowest BCUT2D eigenvalue weighted by Gasteiger charge is -2.19. The van der Waals surface area contributed by atoms with Crippen molar-refractivity contribution in [3.8, 4) is 35.5 Å². The number of rotatable bonds is 48. The van der Waals surface area contributed by atoms with Crippen molar-refractivity contribution in [2.75, 3.05) is 6.54 Å². The zero-order valence-corrected chi connectivity index (χ0v) is 91.3. The van der Waals surface area contributed by atoms with E-state index in [-0.39, 0.29) is 54.6 Å². The molecule has 4 rings (SSSR count). The summed E-state index contributed by atoms with van der Waals surface area (Å²) >= 11 is 0. The van der Waals surface area contributed by atoms with E-state index >= 15 is 0 Å². The van der Waals surface area contributed by atoms with Crippen LogP contribution >= 0.6 is 0 Å². The number of carbonyl (C=O) groups excluding carboxylic acids is 3. The molecule has 0 bridgehead atoms. The molecular weight excluding hydrogens is 1570 g/mol. The molecule has 0 unspecified atom stereocenters. The van der Waals surface area contributed by atoms with E-state index in [0.29, 0.717) is 34.2 Å². The van der Waals surface area contributed by atoms with Crippen molar-refractivity contribution in [2.24, 2.45) is 65.0 Å². The van der Waals surface area contributed by atoms with Crippen LogP contribution in [0.1, 0.15) is 516 Å². The van der Waals surface area contributed by atoms with Gasteiger partial charge in [-0.25, -0.2) is 0 Å². The molecule has 0 spiro atoms. The molecule has 0 fully saturated rings. The first-order valence-corrected chi connectivity index (χ1v) is 51.3. The van der Waals surface area contributed by atoms with Crippen molar-refractivity contribution in [1.29, 1.82) is 0 Å². The van der Waals surface area contributed by atoms with Crippen LogP contribution in [0.25, 0.3) is 0 Å². The molecule has 15 heteroatoms. The van der Waals surface area contributed by atoms with Crippen molar-refractivity contribution >= 4 is 17.5 Å². The maximum absolute atomic E-state index is 11.8. The van der Waals surface area contributed by atoms with Crippen molar-refractivity contribution in [1.82, 2.24) is 60.1 Å². The standard InChI is InChI=1S/C21H41NO2.C19H33N3.C19H36N2.C19H38O.C18H31N3.C17H29N3/c1-20(2,3)17-19(24)22-16-14-12-10-8-7-9-11-13-15-18(23)21(4,5)6;1-18(2,3)13-11-9-7-8-10-12-14-22-16-17(20-21-22)15-19(4,5)6;1-18(2,3)13-10-8-7-9-11-15-21-17(12-14-20-21)16-19(4,5)6;1-18(2,3)16-14-12-10-8-7-9-11-13-15-17(20)19(4,5)6;1-17(2,3)12-10-8-7-9-11-13-21-15-16(19-20-21)14-18(4,5)6;1-16(2,3)11-9-7-8-10-12-20-14-15(18-19-20)13-17(4,5)6/h7-17H2,1-6H3,(H,22,24);16H,7-10,12,14-15H2,1-6H3;12,14H,7-11,13,15-16H2,1-6H3;7-16H2,1-6H3;15H,7-9,11,13-14H2,1-6H3;14H,7-8,10,12-13H2,1-6H3. The number of ketones is 2. The molecule has 738 valence electrons. The van der Waals surface area contributed by atoms with Gasteiger partial charge in [-0.3, -0.25) is 33.1 Å². The summed E-state index contributed by atoms with van der Waals surface area (Å²) in [6.07, 6.45) is 57.4. The fourth-order valence-corrected chi connectivity index (χ4v) is 13.9. The minimum atomic E-state index is -0.178. The zero-order chi connectivity index (χ0) is 98.0. The average Bonchev–Trinajstić information content (AvgIpc) is 1.88. The molecule has 4 heterocycles. The highest BCUT2D eigenvalue weighted by atomic mass is 16.2. The predicted molar refractivity (Wildman–Crippen MR) is 552 cm³/mol. The van der Waals surface area contributed by atoms with Crippen LogP contribution in [0.5, 0.6) is 0 Å². The Balaban J connectivity index is 0. The van der Waals surface area contributed by atoms with Gasteiger partial charge in [-0.05, 0) is 209 Å². The highest BCUT2D eigenvalue weighted by Gasteiger charge is 2.24. The lowest BCUT2D eigenvalue weighted by molar-refractivity contribution is -0.127. The molecule has 0 aliphatic carbocycles. The zero-order valence-electron chi connectivity index (χ0n) is 91.3. The van der Waals surface area contributed by atoms with Crippen LogP contribution < -0.4 is 5.32 Å². The Morgan fingerprint density at radius 2 is 0.578 bits per heavy atom. The summed E-state index contributed by atoms with van der Waals surface area (Å²) < 4.78 is 8.13. The van der Waals surface area contributed by atoms with E-state index in [1.807, 2.05) is 61.8 Å². The molecule has 1 amide bonds. The number of amides is 1. The third-order valence-electron chi connectivity index (χ3n) is 20.8. The first kappa shape index (κ1) is 124. The Morgan fingerprint density at radius 3 is 0.883 bits per heavy atom. The summed E-state index contributed by atoms with van der Waals surface area (Å²) in [5.41, 5.74) is 6.95. The number of aromatic nitrogens is 11. The van der Waals surface area contributed by atoms with E-state index in [2.05, 4.69) is 314 Å². The second-order valence-corrected chi connectivity index (χ2v) is 51.0. The number of nitrogens with zero attached hydrogens (tertiary/aromatic N) is 11. The number of aryl methyl sites for hydroxylation is 4. The largest absolute Gasteiger partial charge is 0.356 e. The Bertz CT molecular complexity index is 3680. The molecule has 0 atom stereocenters. The summed E-state index contributed by atoms with van der Waals surface area (Å²) in [5, 5.41) is 32.8. The molecule has 0 saturated heterocycles. The highest BCUT2D eigenvalue weighted by Crippen LogP contribution is 2.29. The van der Waals surface area contributed by atoms with Crippen LogP contribution in [-0.4, -0.2) is 78.8 Å². The van der Waals surface area contributed by atoms with Gasteiger partial charge in [-0.1, -0.05) is 349 Å². The van der Waals surface area contributed by atoms with Gasteiger partial charge in [0.1, 0.15) is 11.6 Å². The lowest BCUT2D eigenvalue weighted by atomic mass is 9.87. The summed E-state index contributed by atoms with van der Waals surface area (Å²) in [7, 11) is 0. The molecule has 0 saturated carbocycles. The van der Waals surface area contributed by atoms with Crippen molar-refractivity contribution < 1.29 is 14.4 Å². The topological polar surface area (TPSA) is 173 Å². The third-order valence-corrected chi connectivity index (χ3v) is 20.8. The number of hydrogen-bond acceptors (Lipinski definition) is 10. The number of Topliss-reactive ketones (excluding diaryl/α,β-unsaturated/α-hetero) is 2. The van der Waals surface area contributed by atoms with E-state index in [9.17, 15) is 14.4 Å². The van der Waals surface area contributed by atoms with Crippen LogP contribution in [0.3, 0.4) is 0 Å². The molecule has 0 aliphatic heterocycles. The summed E-state index contributed by atoms with van der Waals surface area (Å²) in [4.78, 5) is 35.2. The van der Waals surface area contributed by atoms with Gasteiger partial charge in [0.05, 0.1) is 17.1 Å². The molecule has 0 aromatic carbocycles. The van der Waals surface area contributed by atoms with E-state index in [4.69, 9.17) is 0 Å². The van der Waals surface area contributed by atoms with Gasteiger partial charge in [-0.15, -0.1) is 33.1 Å². The Kier molecular flexibility index (Phi) is 62.2. The maximum atomic E-state index is 11.8. The van der Waals surface area contributed by atoms with Crippen LogP contribution in [0.4, 0.5) is 0 Å². The fourth-order valence-electron chi connectivity index (χ4n) is 13.9. The van der Waals surface area contributed by atoms with Gasteiger partial charge < -0.3 is 5.32 Å². The third kappa shape index (κ3) is 86.8. The maximum Gasteiger partial charge on any atom is 0.220 e. The number of unbranched alkanes of at least 4 members (excludes halogenated alkanes) is 27. The predicted octanol–water partition coefficient (Wildman–Crippen LogP) is 31.5. The van der Waals surface area contributed by atoms with E-state index in [1.54, 1.807) is 0 Å². The Hall–Kier alpha value is -5.88. The van der Waals surface area contributed by atoms with E-state index < -0.39 is 0 Å². The number of nitrogens with one attached hydrogen (secondary N) is 1. The van der Waals surface area contributed by atoms with Gasteiger partial charge in [0.25, 0.3) is 0 Å². The van der Waals surface area contributed by atoms with E-state index in [1.165, 1.54) is 173 Å². The van der Waals surface area contributed by atoms with Crippen molar-refractivity contribution in [3.05, 3.63) is 53.6 Å². The summed E-state index contributed by atoms with van der Waals surface area (Å²) in [6, 6.07) is 2.18. The highest BCUT2D eigenvalue weighted by molar-refractivity contribution is 5.84. The Morgan fingerprint density at radius 1 is 0.305 bits per heavy atom. The van der Waals surface area contributed by atoms with Gasteiger partial charge in [0, 0.05) is 129 Å². The van der Waals surface area contributed by atoms with Gasteiger partial charge in [0.15, 0.2) is 0 Å². The van der Waals surface area contributed by atoms with Crippen LogP contribution in [0.2, 0.25) is 0 Å². The van der Waals surface area contributed by atoms with Gasteiger partial charge >= 0.3 is 0 Å². The molecule has 4 aromatic heterocycles. The Labute approximate surface area is 793 Å².